The topological polar surface area (TPSA) is 121 Å². The maximum absolute atomic E-state index is 12.3. The van der Waals surface area contributed by atoms with Gasteiger partial charge in [-0.25, -0.2) is 13.1 Å². The van der Waals surface area contributed by atoms with Crippen molar-refractivity contribution < 1.29 is 22.8 Å². The number of carbonyl (C=O) groups is 3. The van der Waals surface area contributed by atoms with Gasteiger partial charge < -0.3 is 10.6 Å². The van der Waals surface area contributed by atoms with E-state index in [1.165, 1.54) is 31.2 Å². The molecule has 0 unspecified atom stereocenters. The van der Waals surface area contributed by atoms with E-state index >= 15 is 0 Å². The Morgan fingerprint density at radius 1 is 0.900 bits per heavy atom. The fourth-order valence-electron chi connectivity index (χ4n) is 2.71. The summed E-state index contributed by atoms with van der Waals surface area (Å²) in [6.07, 6.45) is 1.83. The Morgan fingerprint density at radius 2 is 1.50 bits per heavy atom. The van der Waals surface area contributed by atoms with Crippen molar-refractivity contribution in [3.8, 4) is 0 Å². The Labute approximate surface area is 175 Å². The molecule has 2 aromatic rings. The van der Waals surface area contributed by atoms with Crippen LogP contribution in [0.4, 0.5) is 5.69 Å². The Kier molecular flexibility index (Phi) is 6.63. The van der Waals surface area contributed by atoms with E-state index in [1.807, 2.05) is 0 Å². The summed E-state index contributed by atoms with van der Waals surface area (Å²) in [5.74, 6) is -0.396. The van der Waals surface area contributed by atoms with Crippen LogP contribution >= 0.6 is 0 Å². The number of hydrogen-bond donors (Lipinski definition) is 3. The quantitative estimate of drug-likeness (QED) is 0.415. The van der Waals surface area contributed by atoms with Gasteiger partial charge in [-0.15, -0.1) is 0 Å². The highest BCUT2D eigenvalue weighted by molar-refractivity contribution is 7.89. The highest BCUT2D eigenvalue weighted by Gasteiger charge is 2.29. The summed E-state index contributed by atoms with van der Waals surface area (Å²) in [6, 6.07) is 12.1. The minimum Gasteiger partial charge on any atom is -0.351 e. The highest BCUT2D eigenvalue weighted by atomic mass is 32.2. The molecule has 2 amide bonds. The SMILES string of the molecule is CC(=O)c1ccc(S(=O)(=O)NCCNC(=O)c2ccc(NC(=O)C3CC3)cc2)cc1. The lowest BCUT2D eigenvalue weighted by Crippen LogP contribution is -2.34. The Balaban J connectivity index is 1.45. The number of Topliss-reactive ketones (excluding diaryl/α,β-unsaturated/α-hetero) is 1. The first-order chi connectivity index (χ1) is 14.3. The third kappa shape index (κ3) is 5.74. The van der Waals surface area contributed by atoms with E-state index in [-0.39, 0.29) is 41.5 Å². The molecule has 30 heavy (non-hydrogen) atoms. The molecule has 158 valence electrons. The van der Waals surface area contributed by atoms with Crippen LogP contribution in [0, 0.1) is 5.92 Å². The summed E-state index contributed by atoms with van der Waals surface area (Å²) in [4.78, 5) is 35.2. The van der Waals surface area contributed by atoms with Gasteiger partial charge in [-0.3, -0.25) is 14.4 Å². The highest BCUT2D eigenvalue weighted by Crippen LogP contribution is 2.30. The summed E-state index contributed by atoms with van der Waals surface area (Å²) in [7, 11) is -3.74. The van der Waals surface area contributed by atoms with E-state index in [0.717, 1.165) is 12.8 Å². The number of carbonyl (C=O) groups excluding carboxylic acids is 3. The predicted octanol–water partition coefficient (Wildman–Crippen LogP) is 1.95. The van der Waals surface area contributed by atoms with Gasteiger partial charge in [-0.2, -0.15) is 0 Å². The average molecular weight is 429 g/mol. The van der Waals surface area contributed by atoms with Gasteiger partial charge in [0.2, 0.25) is 15.9 Å². The third-order valence-electron chi connectivity index (χ3n) is 4.64. The normalized spacial score (nSPS) is 13.5. The monoisotopic (exact) mass is 429 g/mol. The minimum absolute atomic E-state index is 0.00424. The van der Waals surface area contributed by atoms with E-state index < -0.39 is 10.0 Å². The average Bonchev–Trinajstić information content (AvgIpc) is 3.57. The van der Waals surface area contributed by atoms with Gasteiger partial charge in [0.05, 0.1) is 4.90 Å². The largest absolute Gasteiger partial charge is 0.351 e. The summed E-state index contributed by atoms with van der Waals surface area (Å²) < 4.78 is 26.9. The van der Waals surface area contributed by atoms with E-state index in [0.29, 0.717) is 16.8 Å². The first-order valence-corrected chi connectivity index (χ1v) is 11.0. The van der Waals surface area contributed by atoms with Gasteiger partial charge in [0, 0.05) is 35.8 Å². The zero-order valence-corrected chi connectivity index (χ0v) is 17.3. The molecular formula is C21H23N3O5S. The van der Waals surface area contributed by atoms with E-state index in [4.69, 9.17) is 0 Å². The fourth-order valence-corrected chi connectivity index (χ4v) is 3.74. The lowest BCUT2D eigenvalue weighted by molar-refractivity contribution is -0.117. The molecule has 3 N–H and O–H groups in total. The second kappa shape index (κ2) is 9.19. The fraction of sp³-hybridized carbons (Fsp3) is 0.286. The van der Waals surface area contributed by atoms with Gasteiger partial charge in [0.25, 0.3) is 5.91 Å². The van der Waals surface area contributed by atoms with Crippen molar-refractivity contribution in [2.24, 2.45) is 5.92 Å². The summed E-state index contributed by atoms with van der Waals surface area (Å²) in [5, 5.41) is 5.44. The lowest BCUT2D eigenvalue weighted by Gasteiger charge is -2.09. The number of amides is 2. The number of hydrogen-bond acceptors (Lipinski definition) is 5. The predicted molar refractivity (Wildman–Crippen MR) is 112 cm³/mol. The molecule has 2 aromatic carbocycles. The van der Waals surface area contributed by atoms with Crippen LogP contribution < -0.4 is 15.4 Å². The zero-order valence-electron chi connectivity index (χ0n) is 16.5. The van der Waals surface area contributed by atoms with Crippen molar-refractivity contribution in [1.82, 2.24) is 10.0 Å². The molecule has 1 aliphatic rings. The Morgan fingerprint density at radius 3 is 2.07 bits per heavy atom. The minimum atomic E-state index is -3.74. The molecule has 0 spiro atoms. The van der Waals surface area contributed by atoms with Gasteiger partial charge in [0.15, 0.2) is 5.78 Å². The third-order valence-corrected chi connectivity index (χ3v) is 6.11. The van der Waals surface area contributed by atoms with Crippen LogP contribution in [-0.4, -0.2) is 39.1 Å². The maximum atomic E-state index is 12.3. The van der Waals surface area contributed by atoms with Crippen LogP contribution in [-0.2, 0) is 14.8 Å². The molecule has 0 aromatic heterocycles. The second-order valence-corrected chi connectivity index (χ2v) is 8.84. The summed E-state index contributed by atoms with van der Waals surface area (Å²) >= 11 is 0. The molecule has 0 saturated heterocycles. The standard InChI is InChI=1S/C21H23N3O5S/c1-14(25)15-6-10-19(11-7-15)30(28,29)23-13-12-22-20(26)16-4-8-18(9-5-16)24-21(27)17-2-3-17/h4-11,17,23H,2-3,12-13H2,1H3,(H,22,26)(H,24,27). The number of nitrogens with one attached hydrogen (secondary N) is 3. The van der Waals surface area contributed by atoms with Gasteiger partial charge >= 0.3 is 0 Å². The van der Waals surface area contributed by atoms with Crippen molar-refractivity contribution in [1.29, 1.82) is 0 Å². The molecule has 8 nitrogen and oxygen atoms in total. The van der Waals surface area contributed by atoms with Crippen LogP contribution in [0.15, 0.2) is 53.4 Å². The maximum Gasteiger partial charge on any atom is 0.251 e. The molecule has 1 aliphatic carbocycles. The van der Waals surface area contributed by atoms with Crippen molar-refractivity contribution in [3.63, 3.8) is 0 Å². The molecule has 1 fully saturated rings. The molecule has 3 rings (SSSR count). The summed E-state index contributed by atoms with van der Waals surface area (Å²) in [6.45, 7) is 1.52. The van der Waals surface area contributed by atoms with Gasteiger partial charge in [-0.1, -0.05) is 12.1 Å². The van der Waals surface area contributed by atoms with E-state index in [9.17, 15) is 22.8 Å². The lowest BCUT2D eigenvalue weighted by atomic mass is 10.2. The van der Waals surface area contributed by atoms with Crippen molar-refractivity contribution >= 4 is 33.3 Å². The van der Waals surface area contributed by atoms with E-state index in [2.05, 4.69) is 15.4 Å². The smallest absolute Gasteiger partial charge is 0.251 e. The molecule has 0 bridgehead atoms. The number of benzene rings is 2. The number of anilines is 1. The molecule has 0 radical (unpaired) electrons. The Hall–Kier alpha value is -3.04. The number of sulfonamides is 1. The molecule has 1 saturated carbocycles. The Bertz CT molecular complexity index is 1040. The summed E-state index contributed by atoms with van der Waals surface area (Å²) in [5.41, 5.74) is 1.47. The first-order valence-electron chi connectivity index (χ1n) is 9.56. The van der Waals surface area contributed by atoms with Crippen LogP contribution in [0.1, 0.15) is 40.5 Å². The van der Waals surface area contributed by atoms with Gasteiger partial charge in [-0.05, 0) is 56.2 Å². The first kappa shape index (κ1) is 21.7. The molecule has 0 heterocycles. The number of rotatable bonds is 9. The molecular weight excluding hydrogens is 406 g/mol. The van der Waals surface area contributed by atoms with Crippen LogP contribution in [0.25, 0.3) is 0 Å². The second-order valence-electron chi connectivity index (χ2n) is 7.08. The van der Waals surface area contributed by atoms with Crippen LogP contribution in [0.5, 0.6) is 0 Å². The van der Waals surface area contributed by atoms with Crippen molar-refractivity contribution in [3.05, 3.63) is 59.7 Å². The van der Waals surface area contributed by atoms with Crippen molar-refractivity contribution in [2.75, 3.05) is 18.4 Å². The van der Waals surface area contributed by atoms with Crippen LogP contribution in [0.3, 0.4) is 0 Å². The zero-order chi connectivity index (χ0) is 21.7. The van der Waals surface area contributed by atoms with Gasteiger partial charge in [0.1, 0.15) is 0 Å². The van der Waals surface area contributed by atoms with Crippen LogP contribution in [0.2, 0.25) is 0 Å². The molecule has 9 heteroatoms. The molecule has 0 atom stereocenters. The van der Waals surface area contributed by atoms with E-state index in [1.54, 1.807) is 24.3 Å². The molecule has 0 aliphatic heterocycles. The number of ketones is 1. The van der Waals surface area contributed by atoms with Crippen molar-refractivity contribution in [2.45, 2.75) is 24.7 Å².